The number of ketones is 1. The molecule has 1 fully saturated rings. The van der Waals surface area contributed by atoms with Gasteiger partial charge in [-0.15, -0.1) is 0 Å². The van der Waals surface area contributed by atoms with Crippen LogP contribution in [0.4, 0.5) is 9.18 Å². The van der Waals surface area contributed by atoms with E-state index in [1.54, 1.807) is 20.8 Å². The van der Waals surface area contributed by atoms with E-state index in [1.165, 1.54) is 17.0 Å². The molecule has 1 saturated heterocycles. The van der Waals surface area contributed by atoms with Crippen molar-refractivity contribution >= 4 is 17.8 Å². The third kappa shape index (κ3) is 4.78. The van der Waals surface area contributed by atoms with Crippen LogP contribution in [0.5, 0.6) is 0 Å². The zero-order valence-corrected chi connectivity index (χ0v) is 14.5. The molecule has 2 rings (SSSR count). The van der Waals surface area contributed by atoms with Crippen LogP contribution in [0, 0.1) is 5.82 Å². The van der Waals surface area contributed by atoms with E-state index in [1.807, 2.05) is 0 Å². The molecule has 7 heteroatoms. The molecule has 0 spiro atoms. The number of carbonyl (C=O) groups excluding carboxylic acids is 2. The fourth-order valence-corrected chi connectivity index (χ4v) is 2.77. The monoisotopic (exact) mass is 351 g/mol. The molecular formula is C18H22FNO5. The van der Waals surface area contributed by atoms with Crippen LogP contribution < -0.4 is 0 Å². The van der Waals surface area contributed by atoms with Gasteiger partial charge in [0.25, 0.3) is 0 Å². The van der Waals surface area contributed by atoms with Crippen LogP contribution in [0.25, 0.3) is 0 Å². The van der Waals surface area contributed by atoms with Crippen molar-refractivity contribution < 1.29 is 28.6 Å². The first kappa shape index (κ1) is 18.9. The number of hydrogen-bond donors (Lipinski definition) is 1. The van der Waals surface area contributed by atoms with Crippen molar-refractivity contribution in [2.45, 2.75) is 51.7 Å². The minimum Gasteiger partial charge on any atom is -0.478 e. The van der Waals surface area contributed by atoms with E-state index in [9.17, 15) is 18.8 Å². The molecule has 0 saturated carbocycles. The van der Waals surface area contributed by atoms with Crippen LogP contribution in [0.1, 0.15) is 49.5 Å². The number of ether oxygens (including phenoxy) is 1. The Morgan fingerprint density at radius 2 is 2.00 bits per heavy atom. The van der Waals surface area contributed by atoms with Crippen LogP contribution in [0.2, 0.25) is 0 Å². The Hall–Kier alpha value is -2.44. The maximum absolute atomic E-state index is 14.0. The van der Waals surface area contributed by atoms with Crippen LogP contribution in [0.3, 0.4) is 0 Å². The summed E-state index contributed by atoms with van der Waals surface area (Å²) in [6, 6.07) is 2.80. The van der Waals surface area contributed by atoms with Gasteiger partial charge in [0.1, 0.15) is 11.4 Å². The molecular weight excluding hydrogens is 329 g/mol. The minimum absolute atomic E-state index is 0.117. The summed E-state index contributed by atoms with van der Waals surface area (Å²) in [5.41, 5.74) is -0.720. The fourth-order valence-electron chi connectivity index (χ4n) is 2.77. The van der Waals surface area contributed by atoms with Crippen molar-refractivity contribution in [2.24, 2.45) is 0 Å². The third-order valence-corrected chi connectivity index (χ3v) is 3.92. The molecule has 136 valence electrons. The highest BCUT2D eigenvalue weighted by molar-refractivity contribution is 5.90. The summed E-state index contributed by atoms with van der Waals surface area (Å²) in [6.45, 7) is 5.66. The smallest absolute Gasteiger partial charge is 0.410 e. The molecule has 1 aromatic carbocycles. The first-order valence-electron chi connectivity index (χ1n) is 8.12. The number of halogens is 1. The fraction of sp³-hybridized carbons (Fsp3) is 0.500. The number of carboxylic acid groups (broad SMARTS) is 1. The van der Waals surface area contributed by atoms with Crippen molar-refractivity contribution in [1.29, 1.82) is 0 Å². The summed E-state index contributed by atoms with van der Waals surface area (Å²) in [4.78, 5) is 37.0. The first-order chi connectivity index (χ1) is 11.6. The van der Waals surface area contributed by atoms with Crippen molar-refractivity contribution in [3.8, 4) is 0 Å². The van der Waals surface area contributed by atoms with E-state index in [4.69, 9.17) is 9.84 Å². The molecule has 0 radical (unpaired) electrons. The van der Waals surface area contributed by atoms with Gasteiger partial charge in [-0.3, -0.25) is 9.69 Å². The van der Waals surface area contributed by atoms with Gasteiger partial charge in [0.2, 0.25) is 0 Å². The second-order valence-corrected chi connectivity index (χ2v) is 7.09. The van der Waals surface area contributed by atoms with Crippen LogP contribution in [-0.2, 0) is 16.0 Å². The molecule has 0 aromatic heterocycles. The van der Waals surface area contributed by atoms with E-state index >= 15 is 0 Å². The van der Waals surface area contributed by atoms with Gasteiger partial charge in [-0.2, -0.15) is 0 Å². The molecule has 25 heavy (non-hydrogen) atoms. The van der Waals surface area contributed by atoms with E-state index in [2.05, 4.69) is 0 Å². The number of amides is 1. The number of hydrogen-bond acceptors (Lipinski definition) is 4. The van der Waals surface area contributed by atoms with E-state index in [0.29, 0.717) is 19.4 Å². The first-order valence-corrected chi connectivity index (χ1v) is 8.12. The molecule has 1 atom stereocenters. The Morgan fingerprint density at radius 3 is 2.56 bits per heavy atom. The second-order valence-electron chi connectivity index (χ2n) is 7.09. The van der Waals surface area contributed by atoms with Gasteiger partial charge < -0.3 is 9.84 Å². The Balaban J connectivity index is 2.09. The van der Waals surface area contributed by atoms with Crippen molar-refractivity contribution in [1.82, 2.24) is 4.90 Å². The quantitative estimate of drug-likeness (QED) is 0.901. The van der Waals surface area contributed by atoms with Gasteiger partial charge in [-0.05, 0) is 51.3 Å². The topological polar surface area (TPSA) is 83.9 Å². The SMILES string of the molecule is CC(C)(C)OC(=O)N1CCC[C@H]1C(=O)Cc1ccc(C(=O)O)cc1F. The second kappa shape index (κ2) is 7.21. The highest BCUT2D eigenvalue weighted by Crippen LogP contribution is 2.23. The molecule has 1 aliphatic rings. The lowest BCUT2D eigenvalue weighted by atomic mass is 10.0. The van der Waals surface area contributed by atoms with E-state index in [0.717, 1.165) is 6.07 Å². The molecule has 6 nitrogen and oxygen atoms in total. The maximum atomic E-state index is 14.0. The number of carbonyl (C=O) groups is 3. The molecule has 0 unspecified atom stereocenters. The Bertz CT molecular complexity index is 695. The summed E-state index contributed by atoms with van der Waals surface area (Å²) in [5.74, 6) is -2.26. The van der Waals surface area contributed by atoms with Gasteiger partial charge in [-0.25, -0.2) is 14.0 Å². The lowest BCUT2D eigenvalue weighted by Gasteiger charge is -2.28. The Morgan fingerprint density at radius 1 is 1.32 bits per heavy atom. The lowest BCUT2D eigenvalue weighted by molar-refractivity contribution is -0.122. The average Bonchev–Trinajstić information content (AvgIpc) is 2.97. The summed E-state index contributed by atoms with van der Waals surface area (Å²) in [5, 5.41) is 8.85. The average molecular weight is 351 g/mol. The zero-order chi connectivity index (χ0) is 18.8. The normalized spacial score (nSPS) is 17.4. The van der Waals surface area contributed by atoms with Crippen molar-refractivity contribution in [2.75, 3.05) is 6.54 Å². The zero-order valence-electron chi connectivity index (χ0n) is 14.5. The van der Waals surface area contributed by atoms with Crippen molar-refractivity contribution in [3.63, 3.8) is 0 Å². The number of likely N-dealkylation sites (tertiary alicyclic amines) is 1. The summed E-state index contributed by atoms with van der Waals surface area (Å²) >= 11 is 0. The number of carboxylic acids is 1. The number of benzene rings is 1. The lowest BCUT2D eigenvalue weighted by Crippen LogP contribution is -2.43. The molecule has 0 bridgehead atoms. The molecule has 1 N–H and O–H groups in total. The summed E-state index contributed by atoms with van der Waals surface area (Å²) < 4.78 is 19.3. The molecule has 1 amide bonds. The number of aromatic carboxylic acids is 1. The summed E-state index contributed by atoms with van der Waals surface area (Å²) in [7, 11) is 0. The van der Waals surface area contributed by atoms with Gasteiger partial charge >= 0.3 is 12.1 Å². The molecule has 1 heterocycles. The predicted molar refractivity (Wildman–Crippen MR) is 88.0 cm³/mol. The molecule has 1 aliphatic heterocycles. The Labute approximate surface area is 145 Å². The van der Waals surface area contributed by atoms with Crippen LogP contribution >= 0.6 is 0 Å². The third-order valence-electron chi connectivity index (χ3n) is 3.92. The number of rotatable bonds is 4. The summed E-state index contributed by atoms with van der Waals surface area (Å²) in [6.07, 6.45) is 0.434. The number of Topliss-reactive ketones (excluding diaryl/α,β-unsaturated/α-hetero) is 1. The van der Waals surface area contributed by atoms with Gasteiger partial charge in [0.05, 0.1) is 11.6 Å². The highest BCUT2D eigenvalue weighted by atomic mass is 19.1. The minimum atomic E-state index is -1.23. The highest BCUT2D eigenvalue weighted by Gasteiger charge is 2.36. The van der Waals surface area contributed by atoms with Crippen LogP contribution in [-0.4, -0.2) is 46.0 Å². The van der Waals surface area contributed by atoms with Gasteiger partial charge in [-0.1, -0.05) is 6.07 Å². The van der Waals surface area contributed by atoms with Gasteiger partial charge in [0, 0.05) is 13.0 Å². The standard InChI is InChI=1S/C18H22FNO5/c1-18(2,3)25-17(24)20-8-4-5-14(20)15(21)10-11-6-7-12(16(22)23)9-13(11)19/h6-7,9,14H,4-5,8,10H2,1-3H3,(H,22,23)/t14-/m0/s1. The van der Waals surface area contributed by atoms with Gasteiger partial charge in [0.15, 0.2) is 5.78 Å². The van der Waals surface area contributed by atoms with Crippen molar-refractivity contribution in [3.05, 3.63) is 35.1 Å². The van der Waals surface area contributed by atoms with E-state index in [-0.39, 0.29) is 23.3 Å². The van der Waals surface area contributed by atoms with Crippen LogP contribution in [0.15, 0.2) is 18.2 Å². The maximum Gasteiger partial charge on any atom is 0.410 e. The molecule has 1 aromatic rings. The largest absolute Gasteiger partial charge is 0.478 e. The van der Waals surface area contributed by atoms with E-state index < -0.39 is 29.5 Å². The predicted octanol–water partition coefficient (Wildman–Crippen LogP) is 3.04. The molecule has 0 aliphatic carbocycles. The Kier molecular flexibility index (Phi) is 5.45. The number of nitrogens with zero attached hydrogens (tertiary/aromatic N) is 1.